The van der Waals surface area contributed by atoms with Crippen molar-refractivity contribution < 1.29 is 14.3 Å². The van der Waals surface area contributed by atoms with Gasteiger partial charge in [0.2, 0.25) is 0 Å². The highest BCUT2D eigenvalue weighted by Gasteiger charge is 2.28. The monoisotopic (exact) mass is 455 g/mol. The number of hydrogen-bond donors (Lipinski definition) is 0. The minimum Gasteiger partial charge on any atom is -0.464 e. The van der Waals surface area contributed by atoms with E-state index >= 15 is 0 Å². The lowest BCUT2D eigenvalue weighted by Crippen LogP contribution is -2.44. The van der Waals surface area contributed by atoms with Crippen LogP contribution in [0.4, 0.5) is 4.79 Å². The molecule has 32 heavy (non-hydrogen) atoms. The maximum Gasteiger partial charge on any atom is 0.410 e. The minimum absolute atomic E-state index is 0.227. The van der Waals surface area contributed by atoms with E-state index in [1.165, 1.54) is 0 Å². The van der Waals surface area contributed by atoms with Gasteiger partial charge < -0.3 is 14.4 Å². The van der Waals surface area contributed by atoms with Crippen molar-refractivity contribution in [3.8, 4) is 6.01 Å². The van der Waals surface area contributed by atoms with Gasteiger partial charge in [0.15, 0.2) is 0 Å². The van der Waals surface area contributed by atoms with Gasteiger partial charge in [0.25, 0.3) is 6.01 Å². The molecule has 2 aromatic carbocycles. The Balaban J connectivity index is 1.48. The molecule has 0 unspecified atom stereocenters. The van der Waals surface area contributed by atoms with Crippen LogP contribution in [-0.4, -0.2) is 45.8 Å². The molecule has 1 aliphatic heterocycles. The SMILES string of the molecule is CC(C)(C)OC(=O)N1CCC[C@@H](COc2nc3ccccc3n2Cc2ccccc2Cl)C1. The number of para-hydroxylation sites is 2. The summed E-state index contributed by atoms with van der Waals surface area (Å²) < 4.78 is 13.8. The van der Waals surface area contributed by atoms with Crippen molar-refractivity contribution in [2.24, 2.45) is 5.92 Å². The van der Waals surface area contributed by atoms with Gasteiger partial charge in [0, 0.05) is 24.0 Å². The highest BCUT2D eigenvalue weighted by molar-refractivity contribution is 6.31. The second kappa shape index (κ2) is 9.41. The highest BCUT2D eigenvalue weighted by Crippen LogP contribution is 2.27. The molecule has 1 aromatic heterocycles. The average Bonchev–Trinajstić information content (AvgIpc) is 3.10. The average molecular weight is 456 g/mol. The highest BCUT2D eigenvalue weighted by atomic mass is 35.5. The van der Waals surface area contributed by atoms with Crippen LogP contribution in [0.3, 0.4) is 0 Å². The molecule has 1 saturated heterocycles. The Morgan fingerprint density at radius 1 is 1.16 bits per heavy atom. The van der Waals surface area contributed by atoms with Crippen LogP contribution < -0.4 is 4.74 Å². The molecule has 1 aliphatic rings. The van der Waals surface area contributed by atoms with Gasteiger partial charge in [-0.25, -0.2) is 4.79 Å². The number of hydrogen-bond acceptors (Lipinski definition) is 4. The van der Waals surface area contributed by atoms with Gasteiger partial charge in [-0.3, -0.25) is 4.57 Å². The van der Waals surface area contributed by atoms with E-state index in [0.29, 0.717) is 25.7 Å². The molecular formula is C25H30ClN3O3. The molecule has 1 atom stereocenters. The number of fused-ring (bicyclic) bond motifs is 1. The zero-order valence-electron chi connectivity index (χ0n) is 18.9. The van der Waals surface area contributed by atoms with Crippen LogP contribution in [0.1, 0.15) is 39.2 Å². The number of halogens is 1. The Hall–Kier alpha value is -2.73. The number of carbonyl (C=O) groups is 1. The first-order valence-corrected chi connectivity index (χ1v) is 11.5. The van der Waals surface area contributed by atoms with Crippen LogP contribution in [0, 0.1) is 5.92 Å². The van der Waals surface area contributed by atoms with E-state index in [0.717, 1.165) is 41.0 Å². The van der Waals surface area contributed by atoms with E-state index in [4.69, 9.17) is 26.1 Å². The van der Waals surface area contributed by atoms with Crippen molar-refractivity contribution >= 4 is 28.7 Å². The predicted octanol–water partition coefficient (Wildman–Crippen LogP) is 5.76. The van der Waals surface area contributed by atoms with E-state index in [2.05, 4.69) is 4.57 Å². The van der Waals surface area contributed by atoms with Crippen molar-refractivity contribution in [3.05, 3.63) is 59.1 Å². The van der Waals surface area contributed by atoms with Gasteiger partial charge in [0.05, 0.1) is 24.2 Å². The number of amides is 1. The first-order valence-electron chi connectivity index (χ1n) is 11.1. The van der Waals surface area contributed by atoms with Gasteiger partial charge in [-0.15, -0.1) is 0 Å². The van der Waals surface area contributed by atoms with E-state index in [9.17, 15) is 4.79 Å². The Morgan fingerprint density at radius 3 is 2.69 bits per heavy atom. The summed E-state index contributed by atoms with van der Waals surface area (Å²) in [5, 5.41) is 0.719. The third-order valence-electron chi connectivity index (χ3n) is 5.52. The van der Waals surface area contributed by atoms with E-state index in [1.807, 2.05) is 69.3 Å². The number of ether oxygens (including phenoxy) is 2. The molecule has 0 spiro atoms. The molecule has 1 fully saturated rings. The number of likely N-dealkylation sites (tertiary alicyclic amines) is 1. The molecule has 0 radical (unpaired) electrons. The van der Waals surface area contributed by atoms with Crippen molar-refractivity contribution in [3.63, 3.8) is 0 Å². The number of benzene rings is 2. The minimum atomic E-state index is -0.496. The topological polar surface area (TPSA) is 56.6 Å². The van der Waals surface area contributed by atoms with E-state index < -0.39 is 5.60 Å². The Bertz CT molecular complexity index is 1090. The van der Waals surface area contributed by atoms with Crippen molar-refractivity contribution in [1.82, 2.24) is 14.5 Å². The molecule has 4 rings (SSSR count). The Morgan fingerprint density at radius 2 is 1.91 bits per heavy atom. The van der Waals surface area contributed by atoms with Crippen molar-refractivity contribution in [2.75, 3.05) is 19.7 Å². The first kappa shape index (κ1) is 22.5. The maximum absolute atomic E-state index is 12.5. The molecule has 7 heteroatoms. The van der Waals surface area contributed by atoms with E-state index in [1.54, 1.807) is 4.90 Å². The summed E-state index contributed by atoms with van der Waals surface area (Å²) in [6, 6.07) is 16.4. The fourth-order valence-electron chi connectivity index (χ4n) is 4.00. The molecule has 6 nitrogen and oxygen atoms in total. The molecule has 1 amide bonds. The zero-order valence-corrected chi connectivity index (χ0v) is 19.6. The van der Waals surface area contributed by atoms with Crippen LogP contribution in [0.25, 0.3) is 11.0 Å². The molecular weight excluding hydrogens is 426 g/mol. The van der Waals surface area contributed by atoms with Gasteiger partial charge in [-0.05, 0) is 57.4 Å². The van der Waals surface area contributed by atoms with Gasteiger partial charge in [-0.2, -0.15) is 4.98 Å². The molecule has 0 aliphatic carbocycles. The fraction of sp³-hybridized carbons (Fsp3) is 0.440. The molecule has 0 saturated carbocycles. The lowest BCUT2D eigenvalue weighted by atomic mass is 9.99. The predicted molar refractivity (Wildman–Crippen MR) is 126 cm³/mol. The third-order valence-corrected chi connectivity index (χ3v) is 5.89. The van der Waals surface area contributed by atoms with Crippen LogP contribution in [0.5, 0.6) is 6.01 Å². The quantitative estimate of drug-likeness (QED) is 0.490. The summed E-state index contributed by atoms with van der Waals surface area (Å²) in [5.74, 6) is 0.227. The summed E-state index contributed by atoms with van der Waals surface area (Å²) in [4.78, 5) is 19.0. The summed E-state index contributed by atoms with van der Waals surface area (Å²) >= 11 is 6.41. The lowest BCUT2D eigenvalue weighted by Gasteiger charge is -2.33. The van der Waals surface area contributed by atoms with Crippen LogP contribution in [0.15, 0.2) is 48.5 Å². The van der Waals surface area contributed by atoms with Crippen LogP contribution in [-0.2, 0) is 11.3 Å². The smallest absolute Gasteiger partial charge is 0.410 e. The molecule has 170 valence electrons. The number of aromatic nitrogens is 2. The number of rotatable bonds is 5. The van der Waals surface area contributed by atoms with Crippen LogP contribution >= 0.6 is 11.6 Å². The van der Waals surface area contributed by atoms with Crippen molar-refractivity contribution in [1.29, 1.82) is 0 Å². The Labute approximate surface area is 194 Å². The lowest BCUT2D eigenvalue weighted by molar-refractivity contribution is 0.0136. The summed E-state index contributed by atoms with van der Waals surface area (Å²) in [6.07, 6.45) is 1.68. The normalized spacial score (nSPS) is 16.9. The molecule has 3 aromatic rings. The maximum atomic E-state index is 12.5. The standard InChI is InChI=1S/C25H30ClN3O3/c1-25(2,3)32-24(30)28-14-8-9-18(15-28)17-31-23-27-21-12-6-7-13-22(21)29(23)16-19-10-4-5-11-20(19)26/h4-7,10-13,18H,8-9,14-17H2,1-3H3/t18-/m1/s1. The van der Waals surface area contributed by atoms with Gasteiger partial charge >= 0.3 is 6.09 Å². The third kappa shape index (κ3) is 5.36. The molecule has 0 bridgehead atoms. The molecule has 2 heterocycles. The summed E-state index contributed by atoms with van der Waals surface area (Å²) in [7, 11) is 0. The van der Waals surface area contributed by atoms with Gasteiger partial charge in [-0.1, -0.05) is 41.9 Å². The summed E-state index contributed by atoms with van der Waals surface area (Å²) in [6.45, 7) is 8.07. The number of nitrogens with zero attached hydrogens (tertiary/aromatic N) is 3. The second-order valence-corrected chi connectivity index (χ2v) is 9.71. The fourth-order valence-corrected chi connectivity index (χ4v) is 4.19. The number of imidazole rings is 1. The largest absolute Gasteiger partial charge is 0.464 e. The second-order valence-electron chi connectivity index (χ2n) is 9.31. The summed E-state index contributed by atoms with van der Waals surface area (Å²) in [5.41, 5.74) is 2.40. The number of carbonyl (C=O) groups excluding carboxylic acids is 1. The van der Waals surface area contributed by atoms with Gasteiger partial charge in [0.1, 0.15) is 5.60 Å². The first-order chi connectivity index (χ1) is 15.3. The Kier molecular flexibility index (Phi) is 6.60. The zero-order chi connectivity index (χ0) is 22.7. The molecule has 0 N–H and O–H groups in total. The van der Waals surface area contributed by atoms with E-state index in [-0.39, 0.29) is 12.0 Å². The van der Waals surface area contributed by atoms with Crippen LogP contribution in [0.2, 0.25) is 5.02 Å². The number of piperidine rings is 1. The van der Waals surface area contributed by atoms with Crippen molar-refractivity contribution in [2.45, 2.75) is 45.8 Å².